The average Bonchev–Trinajstić information content (AvgIpc) is 3.18. The second-order valence-electron chi connectivity index (χ2n) is 14.1. The van der Waals surface area contributed by atoms with E-state index in [1.165, 1.54) is 0 Å². The van der Waals surface area contributed by atoms with Crippen LogP contribution in [0.5, 0.6) is 5.75 Å². The lowest BCUT2D eigenvalue weighted by Gasteiger charge is -2.33. The summed E-state index contributed by atoms with van der Waals surface area (Å²) in [6.45, 7) is 7.26. The third-order valence-electron chi connectivity index (χ3n) is 8.98. The Bertz CT molecular complexity index is 1760. The summed E-state index contributed by atoms with van der Waals surface area (Å²) in [4.78, 5) is 39.7. The molecule has 4 aromatic rings. The van der Waals surface area contributed by atoms with Gasteiger partial charge in [-0.15, -0.1) is 0 Å². The predicted molar refractivity (Wildman–Crippen MR) is 205 cm³/mol. The van der Waals surface area contributed by atoms with Crippen LogP contribution in [0.3, 0.4) is 0 Å². The molecule has 4 rings (SSSR count). The van der Waals surface area contributed by atoms with Gasteiger partial charge in [-0.2, -0.15) is 8.78 Å². The first-order valence-corrected chi connectivity index (χ1v) is 18.3. The molecule has 10 nitrogen and oxygen atoms in total. The SMILES string of the molecule is CC(C)[C@H](NC(=O)OCc1ccccc1)C(=O)NC(Cc1ccc(OCc2ccccc2)cc1)C(O)C(F)(F)C(=O)N[C@H](COCc1ccccc1)C(C)C. The van der Waals surface area contributed by atoms with E-state index in [1.54, 1.807) is 76.2 Å². The Hall–Kier alpha value is -5.33. The molecule has 0 bridgehead atoms. The number of aliphatic hydroxyl groups excluding tert-OH is 1. The van der Waals surface area contributed by atoms with Crippen LogP contribution >= 0.6 is 0 Å². The first-order valence-electron chi connectivity index (χ1n) is 18.3. The van der Waals surface area contributed by atoms with Gasteiger partial charge in [-0.05, 0) is 52.6 Å². The molecule has 4 atom stereocenters. The molecule has 3 amide bonds. The minimum absolute atomic E-state index is 0.0502. The van der Waals surface area contributed by atoms with Crippen LogP contribution in [0, 0.1) is 11.8 Å². The second kappa shape index (κ2) is 20.9. The first kappa shape index (κ1) is 42.4. The molecule has 0 saturated carbocycles. The van der Waals surface area contributed by atoms with Gasteiger partial charge in [-0.1, -0.05) is 131 Å². The van der Waals surface area contributed by atoms with Gasteiger partial charge in [0.2, 0.25) is 5.91 Å². The highest BCUT2D eigenvalue weighted by molar-refractivity contribution is 5.87. The fraction of sp³-hybridized carbons (Fsp3) is 0.372. The number of hydrogen-bond donors (Lipinski definition) is 4. The summed E-state index contributed by atoms with van der Waals surface area (Å²) >= 11 is 0. The maximum Gasteiger partial charge on any atom is 0.408 e. The van der Waals surface area contributed by atoms with Crippen molar-refractivity contribution >= 4 is 17.9 Å². The zero-order valence-corrected chi connectivity index (χ0v) is 31.6. The molecule has 12 heteroatoms. The third kappa shape index (κ3) is 13.5. The van der Waals surface area contributed by atoms with E-state index in [2.05, 4.69) is 16.0 Å². The van der Waals surface area contributed by atoms with Crippen molar-refractivity contribution in [2.24, 2.45) is 11.8 Å². The van der Waals surface area contributed by atoms with Gasteiger partial charge in [0.05, 0.1) is 25.3 Å². The normalized spacial score (nSPS) is 13.7. The molecule has 4 N–H and O–H groups in total. The van der Waals surface area contributed by atoms with Crippen molar-refractivity contribution in [1.82, 2.24) is 16.0 Å². The maximum atomic E-state index is 16.0. The highest BCUT2D eigenvalue weighted by Crippen LogP contribution is 2.26. The molecule has 0 aliphatic heterocycles. The fourth-order valence-electron chi connectivity index (χ4n) is 5.59. The van der Waals surface area contributed by atoms with Crippen LogP contribution in [-0.4, -0.2) is 59.8 Å². The molecule has 0 saturated heterocycles. The smallest absolute Gasteiger partial charge is 0.408 e. The van der Waals surface area contributed by atoms with Crippen LogP contribution in [0.15, 0.2) is 115 Å². The van der Waals surface area contributed by atoms with Gasteiger partial charge < -0.3 is 35.3 Å². The van der Waals surface area contributed by atoms with Crippen LogP contribution in [0.25, 0.3) is 0 Å². The highest BCUT2D eigenvalue weighted by Gasteiger charge is 2.51. The zero-order valence-electron chi connectivity index (χ0n) is 31.6. The molecule has 0 spiro atoms. The second-order valence-corrected chi connectivity index (χ2v) is 14.1. The van der Waals surface area contributed by atoms with E-state index in [1.807, 2.05) is 66.7 Å². The Morgan fingerprint density at radius 2 is 1.16 bits per heavy atom. The number of amides is 3. The number of alkyl halides is 2. The molecule has 4 aromatic carbocycles. The Morgan fingerprint density at radius 1 is 0.636 bits per heavy atom. The van der Waals surface area contributed by atoms with E-state index < -0.39 is 54.0 Å². The summed E-state index contributed by atoms with van der Waals surface area (Å²) in [5, 5.41) is 18.6. The van der Waals surface area contributed by atoms with E-state index in [-0.39, 0.29) is 32.2 Å². The first-order chi connectivity index (χ1) is 26.3. The largest absolute Gasteiger partial charge is 0.489 e. The van der Waals surface area contributed by atoms with E-state index >= 15 is 8.78 Å². The van der Waals surface area contributed by atoms with Gasteiger partial charge in [0.25, 0.3) is 5.91 Å². The number of alkyl carbamates (subject to hydrolysis) is 1. The molecule has 55 heavy (non-hydrogen) atoms. The van der Waals surface area contributed by atoms with Gasteiger partial charge in [-0.25, -0.2) is 4.79 Å². The van der Waals surface area contributed by atoms with E-state index in [4.69, 9.17) is 14.2 Å². The highest BCUT2D eigenvalue weighted by atomic mass is 19.3. The van der Waals surface area contributed by atoms with Gasteiger partial charge in [0.15, 0.2) is 0 Å². The Morgan fingerprint density at radius 3 is 1.69 bits per heavy atom. The Kier molecular flexibility index (Phi) is 16.1. The number of nitrogens with one attached hydrogen (secondary N) is 3. The molecule has 0 radical (unpaired) electrons. The summed E-state index contributed by atoms with van der Waals surface area (Å²) in [6, 6.07) is 30.6. The van der Waals surface area contributed by atoms with Crippen LogP contribution in [0.2, 0.25) is 0 Å². The van der Waals surface area contributed by atoms with E-state index in [0.717, 1.165) is 16.7 Å². The molecule has 2 unspecified atom stereocenters. The monoisotopic (exact) mass is 759 g/mol. The molecule has 0 fully saturated rings. The number of benzene rings is 4. The minimum atomic E-state index is -4.35. The summed E-state index contributed by atoms with van der Waals surface area (Å²) in [7, 11) is 0. The lowest BCUT2D eigenvalue weighted by molar-refractivity contribution is -0.169. The van der Waals surface area contributed by atoms with Crippen molar-refractivity contribution in [1.29, 1.82) is 0 Å². The molecule has 0 heterocycles. The van der Waals surface area contributed by atoms with Crippen molar-refractivity contribution in [2.75, 3.05) is 6.61 Å². The van der Waals surface area contributed by atoms with Crippen molar-refractivity contribution in [3.8, 4) is 5.75 Å². The Balaban J connectivity index is 1.49. The van der Waals surface area contributed by atoms with Crippen molar-refractivity contribution in [3.05, 3.63) is 138 Å². The third-order valence-corrected chi connectivity index (χ3v) is 8.98. The van der Waals surface area contributed by atoms with Crippen LogP contribution in [0.1, 0.15) is 49.9 Å². The molecule has 0 aliphatic carbocycles. The summed E-state index contributed by atoms with van der Waals surface area (Å²) < 4.78 is 48.9. The van der Waals surface area contributed by atoms with Crippen molar-refractivity contribution in [2.45, 2.75) is 84.1 Å². The van der Waals surface area contributed by atoms with Gasteiger partial charge in [-0.3, -0.25) is 9.59 Å². The molecule has 0 aliphatic rings. The summed E-state index contributed by atoms with van der Waals surface area (Å²) in [6.07, 6.45) is -3.84. The topological polar surface area (TPSA) is 135 Å². The lowest BCUT2D eigenvalue weighted by atomic mass is 9.94. The number of rotatable bonds is 20. The average molecular weight is 760 g/mol. The molecular weight excluding hydrogens is 708 g/mol. The quantitative estimate of drug-likeness (QED) is 0.0798. The number of ether oxygens (including phenoxy) is 3. The van der Waals surface area contributed by atoms with Crippen molar-refractivity contribution in [3.63, 3.8) is 0 Å². The number of aliphatic hydroxyl groups is 1. The molecule has 0 aromatic heterocycles. The maximum absolute atomic E-state index is 16.0. The van der Waals surface area contributed by atoms with E-state index in [0.29, 0.717) is 17.9 Å². The van der Waals surface area contributed by atoms with Crippen LogP contribution in [-0.2, 0) is 45.3 Å². The number of carbonyl (C=O) groups excluding carboxylic acids is 3. The predicted octanol–water partition coefficient (Wildman–Crippen LogP) is 6.60. The van der Waals surface area contributed by atoms with E-state index in [9.17, 15) is 19.5 Å². The van der Waals surface area contributed by atoms with Crippen LogP contribution < -0.4 is 20.7 Å². The van der Waals surface area contributed by atoms with Gasteiger partial charge in [0, 0.05) is 0 Å². The number of carbonyl (C=O) groups is 3. The standard InChI is InChI=1S/C43H51F2N3O7/c1-29(2)37(28-53-25-32-14-8-5-9-15-32)47-41(51)43(44,45)39(49)36(24-31-20-22-35(23-21-31)54-26-33-16-10-6-11-17-33)46-40(50)38(30(3)4)48-42(52)55-27-34-18-12-7-13-19-34/h5-23,29-30,36-39,49H,24-28H2,1-4H3,(H,46,50)(H,47,51)(H,48,52)/t36?,37-,38+,39?/m1/s1. The lowest BCUT2D eigenvalue weighted by Crippen LogP contribution is -2.62. The van der Waals surface area contributed by atoms with Crippen LogP contribution in [0.4, 0.5) is 13.6 Å². The molecular formula is C43H51F2N3O7. The van der Waals surface area contributed by atoms with Crippen molar-refractivity contribution < 1.29 is 42.5 Å². The van der Waals surface area contributed by atoms with Gasteiger partial charge >= 0.3 is 12.0 Å². The minimum Gasteiger partial charge on any atom is -0.489 e. The Labute approximate surface area is 321 Å². The van der Waals surface area contributed by atoms with Gasteiger partial charge in [0.1, 0.15) is 31.1 Å². The number of halogens is 2. The number of hydrogen-bond acceptors (Lipinski definition) is 7. The summed E-state index contributed by atoms with van der Waals surface area (Å²) in [5.41, 5.74) is 3.03. The summed E-state index contributed by atoms with van der Waals surface area (Å²) in [5.74, 6) is -7.18. The zero-order chi connectivity index (χ0) is 39.8. The molecule has 294 valence electrons. The fourth-order valence-corrected chi connectivity index (χ4v) is 5.59.